The summed E-state index contributed by atoms with van der Waals surface area (Å²) in [7, 11) is 0. The summed E-state index contributed by atoms with van der Waals surface area (Å²) in [6.07, 6.45) is 1.13. The fourth-order valence-electron chi connectivity index (χ4n) is 0.856. The molecule has 1 heterocycles. The van der Waals surface area contributed by atoms with Crippen LogP contribution >= 0.6 is 0 Å². The van der Waals surface area contributed by atoms with Crippen molar-refractivity contribution in [3.63, 3.8) is 0 Å². The highest BCUT2D eigenvalue weighted by molar-refractivity contribution is 5.28. The van der Waals surface area contributed by atoms with E-state index < -0.39 is 10.5 Å². The molecule has 1 aromatic heterocycles. The number of hydrogen-bond donors (Lipinski definition) is 1. The van der Waals surface area contributed by atoms with Crippen LogP contribution in [0.1, 0.15) is 19.5 Å². The molecule has 0 amide bonds. The topological polar surface area (TPSA) is 76.3 Å². The van der Waals surface area contributed by atoms with Crippen molar-refractivity contribution in [1.29, 1.82) is 0 Å². The van der Waals surface area contributed by atoms with Crippen LogP contribution in [0.3, 0.4) is 0 Å². The van der Waals surface area contributed by atoms with Gasteiger partial charge in [-0.15, -0.1) is 0 Å². The first-order valence-electron chi connectivity index (χ1n) is 3.74. The van der Waals surface area contributed by atoms with Crippen LogP contribution in [0.2, 0.25) is 0 Å². The minimum absolute atomic E-state index is 0.0759. The van der Waals surface area contributed by atoms with Gasteiger partial charge < -0.3 is 5.11 Å². The summed E-state index contributed by atoms with van der Waals surface area (Å²) >= 11 is 0. The van der Waals surface area contributed by atoms with E-state index in [1.54, 1.807) is 13.8 Å². The van der Waals surface area contributed by atoms with Gasteiger partial charge in [-0.2, -0.15) is 0 Å². The van der Waals surface area contributed by atoms with E-state index in [1.807, 2.05) is 0 Å². The Hall–Kier alpha value is -1.49. The zero-order valence-electron chi connectivity index (χ0n) is 7.39. The third-order valence-electron chi connectivity index (χ3n) is 1.59. The first kappa shape index (κ1) is 9.60. The molecule has 13 heavy (non-hydrogen) atoms. The average Bonchev–Trinajstić information content (AvgIpc) is 2.03. The SMILES string of the molecule is CC(C)(O)c1ccc([N+](=O)[O-])cn1. The highest BCUT2D eigenvalue weighted by Crippen LogP contribution is 2.18. The summed E-state index contributed by atoms with van der Waals surface area (Å²) in [5, 5.41) is 19.8. The number of rotatable bonds is 2. The van der Waals surface area contributed by atoms with Crippen LogP contribution in [0.5, 0.6) is 0 Å². The van der Waals surface area contributed by atoms with Crippen molar-refractivity contribution in [2.24, 2.45) is 0 Å². The predicted molar refractivity (Wildman–Crippen MR) is 46.1 cm³/mol. The van der Waals surface area contributed by atoms with E-state index >= 15 is 0 Å². The zero-order valence-corrected chi connectivity index (χ0v) is 7.39. The Morgan fingerprint density at radius 1 is 1.54 bits per heavy atom. The molecule has 0 aliphatic heterocycles. The Labute approximate surface area is 75.2 Å². The van der Waals surface area contributed by atoms with Crippen molar-refractivity contribution < 1.29 is 10.0 Å². The molecule has 0 saturated carbocycles. The lowest BCUT2D eigenvalue weighted by atomic mass is 10.1. The zero-order chi connectivity index (χ0) is 10.1. The van der Waals surface area contributed by atoms with Gasteiger partial charge in [0.2, 0.25) is 0 Å². The molecule has 0 atom stereocenters. The van der Waals surface area contributed by atoms with Crippen molar-refractivity contribution in [3.8, 4) is 0 Å². The fraction of sp³-hybridized carbons (Fsp3) is 0.375. The van der Waals surface area contributed by atoms with Gasteiger partial charge >= 0.3 is 0 Å². The molecule has 1 rings (SSSR count). The Kier molecular flexibility index (Phi) is 2.29. The smallest absolute Gasteiger partial charge is 0.287 e. The second kappa shape index (κ2) is 3.10. The van der Waals surface area contributed by atoms with E-state index in [0.29, 0.717) is 5.69 Å². The third-order valence-corrected chi connectivity index (χ3v) is 1.59. The van der Waals surface area contributed by atoms with E-state index in [2.05, 4.69) is 4.98 Å². The van der Waals surface area contributed by atoms with Gasteiger partial charge in [-0.25, -0.2) is 0 Å². The van der Waals surface area contributed by atoms with Gasteiger partial charge in [-0.05, 0) is 19.9 Å². The van der Waals surface area contributed by atoms with Crippen LogP contribution in [0.15, 0.2) is 18.3 Å². The largest absolute Gasteiger partial charge is 0.384 e. The van der Waals surface area contributed by atoms with Crippen molar-refractivity contribution >= 4 is 5.69 Å². The summed E-state index contributed by atoms with van der Waals surface area (Å²) < 4.78 is 0. The molecule has 0 unspecified atom stereocenters. The highest BCUT2D eigenvalue weighted by atomic mass is 16.6. The van der Waals surface area contributed by atoms with Gasteiger partial charge in [-0.1, -0.05) is 0 Å². The van der Waals surface area contributed by atoms with E-state index in [1.165, 1.54) is 12.1 Å². The quantitative estimate of drug-likeness (QED) is 0.551. The van der Waals surface area contributed by atoms with E-state index in [-0.39, 0.29) is 5.69 Å². The second-order valence-corrected chi connectivity index (χ2v) is 3.22. The van der Waals surface area contributed by atoms with Gasteiger partial charge in [0.15, 0.2) is 0 Å². The van der Waals surface area contributed by atoms with Crippen molar-refractivity contribution in [2.45, 2.75) is 19.4 Å². The predicted octanol–water partition coefficient (Wildman–Crippen LogP) is 1.22. The molecule has 0 radical (unpaired) electrons. The first-order chi connectivity index (χ1) is 5.91. The van der Waals surface area contributed by atoms with Crippen LogP contribution in [0.25, 0.3) is 0 Å². The normalized spacial score (nSPS) is 11.3. The highest BCUT2D eigenvalue weighted by Gasteiger charge is 2.18. The molecule has 0 fully saturated rings. The molecule has 70 valence electrons. The van der Waals surface area contributed by atoms with Crippen LogP contribution in [-0.4, -0.2) is 15.0 Å². The van der Waals surface area contributed by atoms with E-state index in [4.69, 9.17) is 0 Å². The fourth-order valence-corrected chi connectivity index (χ4v) is 0.856. The number of hydrogen-bond acceptors (Lipinski definition) is 4. The minimum atomic E-state index is -1.06. The molecule has 0 aliphatic rings. The van der Waals surface area contributed by atoms with Crippen LogP contribution in [-0.2, 0) is 5.60 Å². The first-order valence-corrected chi connectivity index (χ1v) is 3.74. The minimum Gasteiger partial charge on any atom is -0.384 e. The second-order valence-electron chi connectivity index (χ2n) is 3.22. The molecular weight excluding hydrogens is 172 g/mol. The average molecular weight is 182 g/mol. The Balaban J connectivity index is 3.01. The van der Waals surface area contributed by atoms with E-state index in [9.17, 15) is 15.2 Å². The van der Waals surface area contributed by atoms with Gasteiger partial charge in [0, 0.05) is 6.07 Å². The molecular formula is C8H10N2O3. The number of aromatic nitrogens is 1. The number of nitrogens with zero attached hydrogens (tertiary/aromatic N) is 2. The molecule has 0 spiro atoms. The summed E-state index contributed by atoms with van der Waals surface area (Å²) in [4.78, 5) is 13.5. The molecule has 0 aliphatic carbocycles. The summed E-state index contributed by atoms with van der Waals surface area (Å²) in [5.74, 6) is 0. The number of nitro groups is 1. The van der Waals surface area contributed by atoms with Gasteiger partial charge in [0.1, 0.15) is 11.8 Å². The van der Waals surface area contributed by atoms with Crippen LogP contribution in [0, 0.1) is 10.1 Å². The Bertz CT molecular complexity index is 313. The number of pyridine rings is 1. The molecule has 1 aromatic rings. The Morgan fingerprint density at radius 3 is 2.46 bits per heavy atom. The van der Waals surface area contributed by atoms with Crippen molar-refractivity contribution in [2.75, 3.05) is 0 Å². The van der Waals surface area contributed by atoms with E-state index in [0.717, 1.165) is 6.20 Å². The lowest BCUT2D eigenvalue weighted by Gasteiger charge is -2.15. The standard InChI is InChI=1S/C8H10N2O3/c1-8(2,11)7-4-3-6(5-9-7)10(12)13/h3-5,11H,1-2H3. The van der Waals surface area contributed by atoms with Crippen molar-refractivity contribution in [3.05, 3.63) is 34.1 Å². The lowest BCUT2D eigenvalue weighted by molar-refractivity contribution is -0.385. The maximum absolute atomic E-state index is 10.3. The molecule has 0 bridgehead atoms. The molecule has 5 nitrogen and oxygen atoms in total. The van der Waals surface area contributed by atoms with Crippen molar-refractivity contribution in [1.82, 2.24) is 4.98 Å². The maximum atomic E-state index is 10.3. The third kappa shape index (κ3) is 2.22. The van der Waals surface area contributed by atoms with Crippen LogP contribution in [0.4, 0.5) is 5.69 Å². The monoisotopic (exact) mass is 182 g/mol. The van der Waals surface area contributed by atoms with Crippen LogP contribution < -0.4 is 0 Å². The maximum Gasteiger partial charge on any atom is 0.287 e. The summed E-state index contributed by atoms with van der Waals surface area (Å²) in [6.45, 7) is 3.14. The molecule has 0 saturated heterocycles. The van der Waals surface area contributed by atoms with Gasteiger partial charge in [0.25, 0.3) is 5.69 Å². The summed E-state index contributed by atoms with van der Waals surface area (Å²) in [6, 6.07) is 2.76. The molecule has 1 N–H and O–H groups in total. The number of aliphatic hydroxyl groups is 1. The molecule has 0 aromatic carbocycles. The molecule has 5 heteroatoms. The lowest BCUT2D eigenvalue weighted by Crippen LogP contribution is -2.17. The summed E-state index contributed by atoms with van der Waals surface area (Å²) in [5.41, 5.74) is -0.721. The van der Waals surface area contributed by atoms with Gasteiger partial charge in [0.05, 0.1) is 10.6 Å². The Morgan fingerprint density at radius 2 is 2.15 bits per heavy atom. The van der Waals surface area contributed by atoms with Gasteiger partial charge in [-0.3, -0.25) is 15.1 Å².